The Morgan fingerprint density at radius 3 is 2.57 bits per heavy atom. The maximum Gasteiger partial charge on any atom is 0.228 e. The van der Waals surface area contributed by atoms with E-state index in [-0.39, 0.29) is 5.91 Å². The average molecular weight is 275 g/mol. The summed E-state index contributed by atoms with van der Waals surface area (Å²) >= 11 is 0. The van der Waals surface area contributed by atoms with Crippen LogP contribution in [0.3, 0.4) is 0 Å². The summed E-state index contributed by atoms with van der Waals surface area (Å²) in [6.45, 7) is 0. The molecule has 0 saturated carbocycles. The number of ether oxygens (including phenoxy) is 1. The lowest BCUT2D eigenvalue weighted by atomic mass is 10.1. The van der Waals surface area contributed by atoms with Gasteiger partial charge in [-0.25, -0.2) is 0 Å². The van der Waals surface area contributed by atoms with Gasteiger partial charge in [0.05, 0.1) is 12.1 Å². The Morgan fingerprint density at radius 1 is 0.857 bits per heavy atom. The van der Waals surface area contributed by atoms with Gasteiger partial charge in [-0.05, 0) is 23.1 Å². The van der Waals surface area contributed by atoms with E-state index in [4.69, 9.17) is 4.74 Å². The highest BCUT2D eigenvalue weighted by atomic mass is 16.5. The van der Waals surface area contributed by atoms with Crippen molar-refractivity contribution in [2.24, 2.45) is 0 Å². The van der Waals surface area contributed by atoms with Crippen molar-refractivity contribution in [3.8, 4) is 11.5 Å². The van der Waals surface area contributed by atoms with E-state index in [1.807, 2.05) is 48.5 Å². The van der Waals surface area contributed by atoms with E-state index < -0.39 is 0 Å². The van der Waals surface area contributed by atoms with Crippen molar-refractivity contribution in [3.05, 3.63) is 66.2 Å². The Balaban J connectivity index is 1.80. The fourth-order valence-corrected chi connectivity index (χ4v) is 2.71. The predicted molar refractivity (Wildman–Crippen MR) is 82.8 cm³/mol. The van der Waals surface area contributed by atoms with Crippen molar-refractivity contribution in [2.75, 3.05) is 5.32 Å². The van der Waals surface area contributed by atoms with Crippen molar-refractivity contribution in [2.45, 2.75) is 6.42 Å². The molecular weight excluding hydrogens is 262 g/mol. The molecule has 0 spiro atoms. The summed E-state index contributed by atoms with van der Waals surface area (Å²) in [6.07, 6.45) is 0.419. The van der Waals surface area contributed by atoms with Gasteiger partial charge in [0.15, 0.2) is 5.75 Å². The van der Waals surface area contributed by atoms with Gasteiger partial charge in [0.25, 0.3) is 0 Å². The number of carbonyl (C=O) groups excluding carboxylic acids is 1. The number of amides is 1. The summed E-state index contributed by atoms with van der Waals surface area (Å²) in [5.41, 5.74) is 1.77. The van der Waals surface area contributed by atoms with Crippen molar-refractivity contribution < 1.29 is 9.53 Å². The van der Waals surface area contributed by atoms with Gasteiger partial charge in [0.2, 0.25) is 5.91 Å². The lowest BCUT2D eigenvalue weighted by Gasteiger charge is -2.12. The maximum absolute atomic E-state index is 11.6. The highest BCUT2D eigenvalue weighted by molar-refractivity contribution is 6.01. The van der Waals surface area contributed by atoms with Crippen molar-refractivity contribution in [1.29, 1.82) is 0 Å². The molecule has 1 aliphatic rings. The predicted octanol–water partition coefficient (Wildman–Crippen LogP) is 4.13. The smallest absolute Gasteiger partial charge is 0.228 e. The first-order chi connectivity index (χ1) is 10.3. The normalized spacial score (nSPS) is 13.0. The minimum Gasteiger partial charge on any atom is -0.455 e. The number of hydrogen-bond acceptors (Lipinski definition) is 2. The molecule has 0 fully saturated rings. The van der Waals surface area contributed by atoms with Crippen molar-refractivity contribution in [1.82, 2.24) is 0 Å². The summed E-state index contributed by atoms with van der Waals surface area (Å²) in [5.74, 6) is 1.50. The third kappa shape index (κ3) is 2.03. The molecule has 3 nitrogen and oxygen atoms in total. The molecule has 0 atom stereocenters. The van der Waals surface area contributed by atoms with Gasteiger partial charge in [-0.15, -0.1) is 0 Å². The van der Waals surface area contributed by atoms with Crippen LogP contribution in [-0.4, -0.2) is 5.91 Å². The van der Waals surface area contributed by atoms with Gasteiger partial charge in [-0.3, -0.25) is 4.79 Å². The first kappa shape index (κ1) is 12.0. The van der Waals surface area contributed by atoms with Gasteiger partial charge in [0.1, 0.15) is 5.75 Å². The molecule has 0 radical (unpaired) electrons. The van der Waals surface area contributed by atoms with E-state index in [2.05, 4.69) is 17.4 Å². The summed E-state index contributed by atoms with van der Waals surface area (Å²) in [5, 5.41) is 5.06. The van der Waals surface area contributed by atoms with E-state index >= 15 is 0 Å². The number of para-hydroxylation sites is 1. The van der Waals surface area contributed by atoms with Crippen LogP contribution in [0.2, 0.25) is 0 Å². The summed E-state index contributed by atoms with van der Waals surface area (Å²) in [6, 6.07) is 19.8. The van der Waals surface area contributed by atoms with Crippen LogP contribution in [0, 0.1) is 0 Å². The monoisotopic (exact) mass is 275 g/mol. The number of nitrogens with one attached hydrogen (secondary N) is 1. The molecule has 4 rings (SSSR count). The van der Waals surface area contributed by atoms with Gasteiger partial charge >= 0.3 is 0 Å². The van der Waals surface area contributed by atoms with Crippen LogP contribution in [0.15, 0.2) is 60.7 Å². The third-order valence-electron chi connectivity index (χ3n) is 3.70. The SMILES string of the molecule is O=C1Cc2cccc(Oc3cccc4ccccc34)c2N1. The number of rotatable bonds is 2. The zero-order valence-electron chi connectivity index (χ0n) is 11.3. The second kappa shape index (κ2) is 4.63. The lowest BCUT2D eigenvalue weighted by Crippen LogP contribution is -2.04. The molecule has 3 aromatic rings. The van der Waals surface area contributed by atoms with E-state index in [1.54, 1.807) is 0 Å². The largest absolute Gasteiger partial charge is 0.455 e. The molecule has 0 bridgehead atoms. The molecule has 1 heterocycles. The Bertz CT molecular complexity index is 849. The summed E-state index contributed by atoms with van der Waals surface area (Å²) in [7, 11) is 0. The molecule has 21 heavy (non-hydrogen) atoms. The summed E-state index contributed by atoms with van der Waals surface area (Å²) in [4.78, 5) is 11.6. The first-order valence-corrected chi connectivity index (χ1v) is 6.88. The second-order valence-electron chi connectivity index (χ2n) is 5.09. The molecule has 0 aromatic heterocycles. The topological polar surface area (TPSA) is 38.3 Å². The molecule has 0 unspecified atom stereocenters. The standard InChI is InChI=1S/C18H13NO2/c20-17-11-13-7-4-10-16(18(13)19-17)21-15-9-3-6-12-5-1-2-8-14(12)15/h1-10H,11H2,(H,19,20). The van der Waals surface area contributed by atoms with Gasteiger partial charge in [-0.2, -0.15) is 0 Å². The van der Waals surface area contributed by atoms with E-state index in [1.165, 1.54) is 0 Å². The number of carbonyl (C=O) groups is 1. The lowest BCUT2D eigenvalue weighted by molar-refractivity contribution is -0.115. The van der Waals surface area contributed by atoms with Crippen LogP contribution < -0.4 is 10.1 Å². The molecule has 3 heteroatoms. The molecular formula is C18H13NO2. The zero-order chi connectivity index (χ0) is 14.2. The quantitative estimate of drug-likeness (QED) is 0.763. The molecule has 0 aliphatic carbocycles. The molecule has 1 amide bonds. The number of anilines is 1. The van der Waals surface area contributed by atoms with E-state index in [0.717, 1.165) is 27.8 Å². The number of hydrogen-bond donors (Lipinski definition) is 1. The number of benzene rings is 3. The Morgan fingerprint density at radius 2 is 1.62 bits per heavy atom. The van der Waals surface area contributed by atoms with Crippen LogP contribution in [-0.2, 0) is 11.2 Å². The third-order valence-corrected chi connectivity index (χ3v) is 3.70. The van der Waals surface area contributed by atoms with E-state index in [0.29, 0.717) is 12.2 Å². The average Bonchev–Trinajstić information content (AvgIpc) is 2.89. The molecule has 0 saturated heterocycles. The minimum atomic E-state index is 0.0129. The second-order valence-corrected chi connectivity index (χ2v) is 5.09. The van der Waals surface area contributed by atoms with Crippen LogP contribution in [0.4, 0.5) is 5.69 Å². The maximum atomic E-state index is 11.6. The van der Waals surface area contributed by atoms with Gasteiger partial charge < -0.3 is 10.1 Å². The fraction of sp³-hybridized carbons (Fsp3) is 0.0556. The molecule has 1 aliphatic heterocycles. The van der Waals surface area contributed by atoms with Crippen molar-refractivity contribution in [3.63, 3.8) is 0 Å². The highest BCUT2D eigenvalue weighted by Crippen LogP contribution is 2.38. The van der Waals surface area contributed by atoms with Crippen LogP contribution >= 0.6 is 0 Å². The van der Waals surface area contributed by atoms with Gasteiger partial charge in [0, 0.05) is 5.39 Å². The van der Waals surface area contributed by atoms with Crippen LogP contribution in [0.1, 0.15) is 5.56 Å². The Labute approximate surface area is 122 Å². The minimum absolute atomic E-state index is 0.0129. The molecule has 3 aromatic carbocycles. The summed E-state index contributed by atoms with van der Waals surface area (Å²) < 4.78 is 6.07. The Kier molecular flexibility index (Phi) is 2.64. The highest BCUT2D eigenvalue weighted by Gasteiger charge is 2.21. The van der Waals surface area contributed by atoms with Gasteiger partial charge in [-0.1, -0.05) is 48.5 Å². The van der Waals surface area contributed by atoms with E-state index in [9.17, 15) is 4.79 Å². The molecule has 102 valence electrons. The molecule has 1 N–H and O–H groups in total. The zero-order valence-corrected chi connectivity index (χ0v) is 11.3. The number of fused-ring (bicyclic) bond motifs is 2. The van der Waals surface area contributed by atoms with Crippen LogP contribution in [0.5, 0.6) is 11.5 Å². The van der Waals surface area contributed by atoms with Crippen LogP contribution in [0.25, 0.3) is 10.8 Å². The Hall–Kier alpha value is -2.81. The van der Waals surface area contributed by atoms with Crippen molar-refractivity contribution >= 4 is 22.4 Å². The first-order valence-electron chi connectivity index (χ1n) is 6.88. The fourth-order valence-electron chi connectivity index (χ4n) is 2.71.